The summed E-state index contributed by atoms with van der Waals surface area (Å²) in [7, 11) is 0. The standard InChI is InChI=1S/C15H15N3O2S/c1-10-7-8-12(9-11(10)2)16-15(21)17-13-5-3-4-6-14(13)18(19)20/h3-9H,1-2H3,(H2,16,17,21). The molecule has 0 amide bonds. The molecule has 0 atom stereocenters. The summed E-state index contributed by atoms with van der Waals surface area (Å²) < 4.78 is 0. The molecule has 0 aliphatic carbocycles. The molecule has 0 aliphatic rings. The average Bonchev–Trinajstić information content (AvgIpc) is 2.43. The molecule has 2 rings (SSSR count). The summed E-state index contributed by atoms with van der Waals surface area (Å²) >= 11 is 5.20. The Balaban J connectivity index is 2.12. The van der Waals surface area contributed by atoms with Gasteiger partial charge in [0, 0.05) is 11.8 Å². The van der Waals surface area contributed by atoms with Gasteiger partial charge in [-0.1, -0.05) is 18.2 Å². The molecule has 0 saturated carbocycles. The minimum Gasteiger partial charge on any atom is -0.332 e. The van der Waals surface area contributed by atoms with Crippen LogP contribution in [0.15, 0.2) is 42.5 Å². The van der Waals surface area contributed by atoms with E-state index in [2.05, 4.69) is 10.6 Å². The van der Waals surface area contributed by atoms with Crippen LogP contribution in [0.1, 0.15) is 11.1 Å². The molecule has 2 aromatic rings. The van der Waals surface area contributed by atoms with Crippen molar-refractivity contribution >= 4 is 34.4 Å². The summed E-state index contributed by atoms with van der Waals surface area (Å²) in [6.45, 7) is 4.04. The number of aryl methyl sites for hydroxylation is 2. The van der Waals surface area contributed by atoms with Crippen molar-refractivity contribution in [2.24, 2.45) is 0 Å². The summed E-state index contributed by atoms with van der Waals surface area (Å²) in [5.74, 6) is 0. The molecule has 0 unspecified atom stereocenters. The second kappa shape index (κ2) is 6.32. The molecular formula is C15H15N3O2S. The van der Waals surface area contributed by atoms with Crippen molar-refractivity contribution in [1.82, 2.24) is 0 Å². The van der Waals surface area contributed by atoms with E-state index in [9.17, 15) is 10.1 Å². The molecule has 0 fully saturated rings. The van der Waals surface area contributed by atoms with Crippen molar-refractivity contribution < 1.29 is 4.92 Å². The number of benzene rings is 2. The number of nitro groups is 1. The van der Waals surface area contributed by atoms with Crippen LogP contribution in [0, 0.1) is 24.0 Å². The monoisotopic (exact) mass is 301 g/mol. The predicted octanol–water partition coefficient (Wildman–Crippen LogP) is 4.02. The number of nitrogens with one attached hydrogen (secondary N) is 2. The van der Waals surface area contributed by atoms with E-state index < -0.39 is 4.92 Å². The largest absolute Gasteiger partial charge is 0.332 e. The Kier molecular flexibility index (Phi) is 4.49. The first-order chi connectivity index (χ1) is 9.97. The third kappa shape index (κ3) is 3.76. The first-order valence-electron chi connectivity index (χ1n) is 6.36. The van der Waals surface area contributed by atoms with Crippen LogP contribution < -0.4 is 10.6 Å². The molecule has 0 heterocycles. The number of nitrogens with zero attached hydrogens (tertiary/aromatic N) is 1. The van der Waals surface area contributed by atoms with E-state index in [1.165, 1.54) is 11.6 Å². The van der Waals surface area contributed by atoms with Crippen LogP contribution in [0.2, 0.25) is 0 Å². The lowest BCUT2D eigenvalue weighted by atomic mass is 10.1. The van der Waals surface area contributed by atoms with Crippen molar-refractivity contribution in [2.45, 2.75) is 13.8 Å². The van der Waals surface area contributed by atoms with Gasteiger partial charge in [-0.25, -0.2) is 0 Å². The first kappa shape index (κ1) is 14.9. The van der Waals surface area contributed by atoms with Crippen LogP contribution in [-0.2, 0) is 0 Å². The maximum Gasteiger partial charge on any atom is 0.292 e. The normalized spacial score (nSPS) is 10.0. The Morgan fingerprint density at radius 1 is 1.10 bits per heavy atom. The summed E-state index contributed by atoms with van der Waals surface area (Å²) in [6.07, 6.45) is 0. The molecule has 0 saturated heterocycles. The van der Waals surface area contributed by atoms with Gasteiger partial charge in [0.1, 0.15) is 5.69 Å². The third-order valence-corrected chi connectivity index (χ3v) is 3.32. The molecule has 2 aromatic carbocycles. The number of nitro benzene ring substituents is 1. The number of thiocarbonyl (C=S) groups is 1. The first-order valence-corrected chi connectivity index (χ1v) is 6.77. The van der Waals surface area contributed by atoms with Gasteiger partial charge in [-0.3, -0.25) is 10.1 Å². The predicted molar refractivity (Wildman–Crippen MR) is 88.9 cm³/mol. The third-order valence-electron chi connectivity index (χ3n) is 3.11. The van der Waals surface area contributed by atoms with Crippen LogP contribution in [0.3, 0.4) is 0 Å². The van der Waals surface area contributed by atoms with Crippen LogP contribution in [0.25, 0.3) is 0 Å². The molecular weight excluding hydrogens is 286 g/mol. The van der Waals surface area contributed by atoms with Gasteiger partial charge < -0.3 is 10.6 Å². The maximum absolute atomic E-state index is 10.9. The minimum atomic E-state index is -0.443. The molecule has 6 heteroatoms. The lowest BCUT2D eigenvalue weighted by molar-refractivity contribution is -0.383. The zero-order valence-corrected chi connectivity index (χ0v) is 12.5. The Labute approximate surface area is 128 Å². The van der Waals surface area contributed by atoms with Crippen LogP contribution in [0.5, 0.6) is 0 Å². The highest BCUT2D eigenvalue weighted by Crippen LogP contribution is 2.23. The fraction of sp³-hybridized carbons (Fsp3) is 0.133. The topological polar surface area (TPSA) is 67.2 Å². The SMILES string of the molecule is Cc1ccc(NC(=S)Nc2ccccc2[N+](=O)[O-])cc1C. The second-order valence-corrected chi connectivity index (χ2v) is 5.06. The summed E-state index contributed by atoms with van der Waals surface area (Å²) in [5, 5.41) is 17.1. The highest BCUT2D eigenvalue weighted by atomic mass is 32.1. The number of hydrogen-bond donors (Lipinski definition) is 2. The van der Waals surface area contributed by atoms with Gasteiger partial charge in [0.2, 0.25) is 0 Å². The quantitative estimate of drug-likeness (QED) is 0.509. The van der Waals surface area contributed by atoms with Crippen molar-refractivity contribution in [1.29, 1.82) is 0 Å². The van der Waals surface area contributed by atoms with E-state index in [1.807, 2.05) is 32.0 Å². The molecule has 5 nitrogen and oxygen atoms in total. The van der Waals surface area contributed by atoms with Gasteiger partial charge in [-0.2, -0.15) is 0 Å². The molecule has 21 heavy (non-hydrogen) atoms. The smallest absolute Gasteiger partial charge is 0.292 e. The van der Waals surface area contributed by atoms with E-state index >= 15 is 0 Å². The molecule has 0 bridgehead atoms. The fourth-order valence-electron chi connectivity index (χ4n) is 1.84. The minimum absolute atomic E-state index is 0.0123. The lowest BCUT2D eigenvalue weighted by Crippen LogP contribution is -2.19. The summed E-state index contributed by atoms with van der Waals surface area (Å²) in [4.78, 5) is 10.5. The van der Waals surface area contributed by atoms with E-state index in [4.69, 9.17) is 12.2 Å². The Morgan fingerprint density at radius 2 is 1.81 bits per heavy atom. The van der Waals surface area contributed by atoms with Gasteiger partial charge in [0.15, 0.2) is 5.11 Å². The summed E-state index contributed by atoms with van der Waals surface area (Å²) in [6, 6.07) is 12.3. The van der Waals surface area contributed by atoms with E-state index in [1.54, 1.807) is 18.2 Å². The molecule has 0 aliphatic heterocycles. The number of rotatable bonds is 3. The van der Waals surface area contributed by atoms with Gasteiger partial charge >= 0.3 is 0 Å². The Hall–Kier alpha value is -2.47. The van der Waals surface area contributed by atoms with E-state index in [-0.39, 0.29) is 5.69 Å². The molecule has 0 radical (unpaired) electrons. The zero-order chi connectivity index (χ0) is 15.4. The highest BCUT2D eigenvalue weighted by Gasteiger charge is 2.13. The number of para-hydroxylation sites is 2. The summed E-state index contributed by atoms with van der Waals surface area (Å²) in [5.41, 5.74) is 3.53. The highest BCUT2D eigenvalue weighted by molar-refractivity contribution is 7.80. The molecule has 0 aromatic heterocycles. The van der Waals surface area contributed by atoms with Crippen LogP contribution in [-0.4, -0.2) is 10.0 Å². The van der Waals surface area contributed by atoms with E-state index in [0.717, 1.165) is 11.3 Å². The lowest BCUT2D eigenvalue weighted by Gasteiger charge is -2.12. The van der Waals surface area contributed by atoms with Crippen LogP contribution in [0.4, 0.5) is 17.1 Å². The van der Waals surface area contributed by atoms with Crippen molar-refractivity contribution in [3.63, 3.8) is 0 Å². The van der Waals surface area contributed by atoms with Gasteiger partial charge in [0.05, 0.1) is 4.92 Å². The zero-order valence-electron chi connectivity index (χ0n) is 11.7. The van der Waals surface area contributed by atoms with Gasteiger partial charge in [0.25, 0.3) is 5.69 Å². The Morgan fingerprint density at radius 3 is 2.48 bits per heavy atom. The second-order valence-electron chi connectivity index (χ2n) is 4.65. The molecule has 0 spiro atoms. The Bertz CT molecular complexity index is 701. The number of hydrogen-bond acceptors (Lipinski definition) is 3. The molecule has 108 valence electrons. The fourth-order valence-corrected chi connectivity index (χ4v) is 2.07. The number of anilines is 2. The van der Waals surface area contributed by atoms with Gasteiger partial charge in [-0.15, -0.1) is 0 Å². The molecule has 2 N–H and O–H groups in total. The van der Waals surface area contributed by atoms with Crippen LogP contribution >= 0.6 is 12.2 Å². The van der Waals surface area contributed by atoms with Gasteiger partial charge in [-0.05, 0) is 55.4 Å². The average molecular weight is 301 g/mol. The van der Waals surface area contributed by atoms with Crippen molar-refractivity contribution in [2.75, 3.05) is 10.6 Å². The van der Waals surface area contributed by atoms with Crippen molar-refractivity contribution in [3.05, 3.63) is 63.7 Å². The van der Waals surface area contributed by atoms with Crippen molar-refractivity contribution in [3.8, 4) is 0 Å². The van der Waals surface area contributed by atoms with E-state index in [0.29, 0.717) is 10.8 Å². The maximum atomic E-state index is 10.9.